The monoisotopic (exact) mass is 385 g/mol. The van der Waals surface area contributed by atoms with Gasteiger partial charge in [0.15, 0.2) is 0 Å². The molecule has 1 heterocycles. The van der Waals surface area contributed by atoms with Gasteiger partial charge in [0.25, 0.3) is 0 Å². The first-order valence-corrected chi connectivity index (χ1v) is 11.0. The van der Waals surface area contributed by atoms with Crippen molar-refractivity contribution in [3.05, 3.63) is 11.1 Å². The van der Waals surface area contributed by atoms with E-state index >= 15 is 0 Å². The number of rotatable bonds is 10. The third-order valence-corrected chi connectivity index (χ3v) is 5.21. The largest absolute Gasteiger partial charge is 0.444 e. The Morgan fingerprint density at radius 1 is 1.12 bits per heavy atom. The van der Waals surface area contributed by atoms with Crippen LogP contribution in [0, 0.1) is 0 Å². The second kappa shape index (κ2) is 11.9. The summed E-state index contributed by atoms with van der Waals surface area (Å²) in [6.45, 7) is 10.0. The zero-order valence-corrected chi connectivity index (χ0v) is 18.4. The van der Waals surface area contributed by atoms with Gasteiger partial charge in [-0.2, -0.15) is 0 Å². The fourth-order valence-corrected chi connectivity index (χ4v) is 3.99. The second-order valence-corrected chi connectivity index (χ2v) is 9.20. The highest BCUT2D eigenvalue weighted by Crippen LogP contribution is 2.30. The third-order valence-electron chi connectivity index (χ3n) is 4.93. The van der Waals surface area contributed by atoms with Crippen molar-refractivity contribution in [2.24, 2.45) is 0 Å². The fourth-order valence-electron chi connectivity index (χ4n) is 3.63. The van der Waals surface area contributed by atoms with Crippen molar-refractivity contribution in [2.75, 3.05) is 0 Å². The minimum Gasteiger partial charge on any atom is -0.444 e. The molecule has 26 heavy (non-hydrogen) atoms. The van der Waals surface area contributed by atoms with Crippen molar-refractivity contribution >= 4 is 17.7 Å². The summed E-state index contributed by atoms with van der Waals surface area (Å²) in [6.07, 6.45) is 15.3. The molecular weight excluding hydrogens is 346 g/mol. The van der Waals surface area contributed by atoms with Gasteiger partial charge in [0.1, 0.15) is 5.60 Å². The van der Waals surface area contributed by atoms with Crippen molar-refractivity contribution < 1.29 is 9.53 Å². The van der Waals surface area contributed by atoms with Gasteiger partial charge in [-0.25, -0.2) is 4.79 Å². The van der Waals surface area contributed by atoms with Gasteiger partial charge < -0.3 is 4.74 Å². The fraction of sp³-hybridized carbons (Fsp3) is 0.864. The standard InChI is InChI=1S/C22H40ClNO2/c1-6-7-8-9-10-11-12-13-14-15-20-17-19(23)16-18(2)24(20)21(25)26-22(3,4)5/h16,18,20H,6-15,17H2,1-5H3/t18-,20-/m0/s1. The number of carbonyl (C=O) groups is 1. The summed E-state index contributed by atoms with van der Waals surface area (Å²) < 4.78 is 5.62. The molecule has 0 aromatic carbocycles. The number of carbonyl (C=O) groups excluding carboxylic acids is 1. The first-order chi connectivity index (χ1) is 12.2. The summed E-state index contributed by atoms with van der Waals surface area (Å²) >= 11 is 6.31. The second-order valence-electron chi connectivity index (χ2n) is 8.72. The van der Waals surface area contributed by atoms with Crippen LogP contribution in [-0.2, 0) is 4.74 Å². The molecule has 1 aliphatic rings. The van der Waals surface area contributed by atoms with Crippen LogP contribution >= 0.6 is 11.6 Å². The van der Waals surface area contributed by atoms with Crippen molar-refractivity contribution in [3.63, 3.8) is 0 Å². The molecule has 0 N–H and O–H groups in total. The van der Waals surface area contributed by atoms with E-state index in [9.17, 15) is 4.79 Å². The molecule has 0 fully saturated rings. The van der Waals surface area contributed by atoms with Crippen LogP contribution < -0.4 is 0 Å². The van der Waals surface area contributed by atoms with Gasteiger partial charge in [0.05, 0.1) is 6.04 Å². The Hall–Kier alpha value is -0.700. The minimum absolute atomic E-state index is 0.00494. The van der Waals surface area contributed by atoms with E-state index in [2.05, 4.69) is 6.92 Å². The molecule has 0 spiro atoms. The Bertz CT molecular complexity index is 442. The smallest absolute Gasteiger partial charge is 0.411 e. The zero-order valence-electron chi connectivity index (χ0n) is 17.7. The van der Waals surface area contributed by atoms with Crippen LogP contribution in [0.4, 0.5) is 4.79 Å². The van der Waals surface area contributed by atoms with E-state index in [0.717, 1.165) is 24.3 Å². The maximum Gasteiger partial charge on any atom is 0.411 e. The predicted octanol–water partition coefficient (Wildman–Crippen LogP) is 7.43. The summed E-state index contributed by atoms with van der Waals surface area (Å²) in [7, 11) is 0. The molecule has 152 valence electrons. The molecule has 0 aliphatic carbocycles. The van der Waals surface area contributed by atoms with E-state index in [1.807, 2.05) is 38.7 Å². The molecule has 0 saturated heterocycles. The molecule has 1 aliphatic heterocycles. The van der Waals surface area contributed by atoms with E-state index < -0.39 is 5.60 Å². The van der Waals surface area contributed by atoms with Gasteiger partial charge in [0.2, 0.25) is 0 Å². The maximum absolute atomic E-state index is 12.6. The molecule has 0 aromatic heterocycles. The van der Waals surface area contributed by atoms with Crippen LogP contribution in [0.5, 0.6) is 0 Å². The minimum atomic E-state index is -0.468. The highest BCUT2D eigenvalue weighted by Gasteiger charge is 2.34. The van der Waals surface area contributed by atoms with Gasteiger partial charge in [0, 0.05) is 17.5 Å². The molecule has 0 saturated carbocycles. The van der Waals surface area contributed by atoms with Crippen LogP contribution in [0.1, 0.15) is 105 Å². The van der Waals surface area contributed by atoms with Gasteiger partial charge in [-0.05, 0) is 40.2 Å². The Labute approximate surface area is 166 Å². The van der Waals surface area contributed by atoms with Crippen LogP contribution in [-0.4, -0.2) is 28.7 Å². The van der Waals surface area contributed by atoms with Crippen molar-refractivity contribution in [1.29, 1.82) is 0 Å². The summed E-state index contributed by atoms with van der Waals surface area (Å²) in [5.41, 5.74) is -0.468. The lowest BCUT2D eigenvalue weighted by Crippen LogP contribution is -2.49. The van der Waals surface area contributed by atoms with Crippen LogP contribution in [0.25, 0.3) is 0 Å². The number of amides is 1. The van der Waals surface area contributed by atoms with Crippen molar-refractivity contribution in [1.82, 2.24) is 4.90 Å². The lowest BCUT2D eigenvalue weighted by atomic mass is 9.97. The van der Waals surface area contributed by atoms with E-state index in [1.54, 1.807) is 0 Å². The number of hydrogen-bond acceptors (Lipinski definition) is 2. The number of hydrogen-bond donors (Lipinski definition) is 0. The quantitative estimate of drug-likeness (QED) is 0.366. The first kappa shape index (κ1) is 23.3. The molecular formula is C22H40ClNO2. The van der Waals surface area contributed by atoms with Crippen LogP contribution in [0.15, 0.2) is 11.1 Å². The number of halogens is 1. The number of ether oxygens (including phenoxy) is 1. The van der Waals surface area contributed by atoms with E-state index in [4.69, 9.17) is 16.3 Å². The molecule has 0 radical (unpaired) electrons. The van der Waals surface area contributed by atoms with Gasteiger partial charge in [-0.1, -0.05) is 76.3 Å². The first-order valence-electron chi connectivity index (χ1n) is 10.6. The summed E-state index contributed by atoms with van der Waals surface area (Å²) in [5.74, 6) is 0. The van der Waals surface area contributed by atoms with Crippen LogP contribution in [0.2, 0.25) is 0 Å². The molecule has 0 unspecified atom stereocenters. The van der Waals surface area contributed by atoms with Crippen molar-refractivity contribution in [2.45, 2.75) is 123 Å². The van der Waals surface area contributed by atoms with Gasteiger partial charge in [-0.15, -0.1) is 0 Å². The maximum atomic E-state index is 12.6. The van der Waals surface area contributed by atoms with Crippen molar-refractivity contribution in [3.8, 4) is 0 Å². The molecule has 1 rings (SSSR count). The average Bonchev–Trinajstić information content (AvgIpc) is 2.50. The Morgan fingerprint density at radius 3 is 2.19 bits per heavy atom. The SMILES string of the molecule is CCCCCCCCCCC[C@H]1CC(Cl)=C[C@H](C)N1C(=O)OC(C)(C)C. The van der Waals surface area contributed by atoms with Crippen LogP contribution in [0.3, 0.4) is 0 Å². The normalized spacial score (nSPS) is 20.8. The van der Waals surface area contributed by atoms with Gasteiger partial charge in [-0.3, -0.25) is 4.90 Å². The average molecular weight is 386 g/mol. The summed E-state index contributed by atoms with van der Waals surface area (Å²) in [5, 5.41) is 0.873. The molecule has 0 aromatic rings. The zero-order chi connectivity index (χ0) is 19.6. The highest BCUT2D eigenvalue weighted by atomic mass is 35.5. The van der Waals surface area contributed by atoms with Gasteiger partial charge >= 0.3 is 6.09 Å². The Morgan fingerprint density at radius 2 is 1.65 bits per heavy atom. The number of unbranched alkanes of at least 4 members (excludes halogenated alkanes) is 8. The topological polar surface area (TPSA) is 29.5 Å². The molecule has 0 bridgehead atoms. The highest BCUT2D eigenvalue weighted by molar-refractivity contribution is 6.29. The lowest BCUT2D eigenvalue weighted by molar-refractivity contribution is 0.00839. The number of nitrogens with zero attached hydrogens (tertiary/aromatic N) is 1. The lowest BCUT2D eigenvalue weighted by Gasteiger charge is -2.39. The Balaban J connectivity index is 2.39. The van der Waals surface area contributed by atoms with E-state index in [-0.39, 0.29) is 18.2 Å². The third kappa shape index (κ3) is 9.30. The predicted molar refractivity (Wildman–Crippen MR) is 112 cm³/mol. The summed E-state index contributed by atoms with van der Waals surface area (Å²) in [6, 6.07) is 0.150. The van der Waals surface area contributed by atoms with E-state index in [0.29, 0.717) is 0 Å². The summed E-state index contributed by atoms with van der Waals surface area (Å²) in [4.78, 5) is 14.5. The molecule has 2 atom stereocenters. The van der Waals surface area contributed by atoms with E-state index in [1.165, 1.54) is 51.4 Å². The Kier molecular flexibility index (Phi) is 10.7. The molecule has 3 nitrogen and oxygen atoms in total. The molecule has 4 heteroatoms. The molecule has 1 amide bonds.